The van der Waals surface area contributed by atoms with E-state index in [4.69, 9.17) is 4.74 Å². The van der Waals surface area contributed by atoms with Gasteiger partial charge in [0.25, 0.3) is 5.54 Å². The van der Waals surface area contributed by atoms with Gasteiger partial charge in [-0.1, -0.05) is 109 Å². The van der Waals surface area contributed by atoms with E-state index in [2.05, 4.69) is 0 Å². The van der Waals surface area contributed by atoms with Crippen molar-refractivity contribution in [1.29, 1.82) is 0 Å². The maximum Gasteiger partial charge on any atom is 0.293 e. The van der Waals surface area contributed by atoms with Crippen molar-refractivity contribution < 1.29 is 14.5 Å². The molecule has 0 saturated heterocycles. The fourth-order valence-corrected chi connectivity index (χ4v) is 6.58. The first-order valence-electron chi connectivity index (χ1n) is 11.5. The summed E-state index contributed by atoms with van der Waals surface area (Å²) in [6, 6.07) is 33.1. The summed E-state index contributed by atoms with van der Waals surface area (Å²) in [6.07, 6.45) is -0.825. The van der Waals surface area contributed by atoms with Crippen molar-refractivity contribution in [2.45, 2.75) is 11.6 Å². The van der Waals surface area contributed by atoms with Crippen molar-refractivity contribution in [1.82, 2.24) is 0 Å². The van der Waals surface area contributed by atoms with Gasteiger partial charge in [-0.2, -0.15) is 0 Å². The maximum absolute atomic E-state index is 14.7. The first-order valence-corrected chi connectivity index (χ1v) is 11.5. The molecule has 0 radical (unpaired) electrons. The molecule has 0 aromatic heterocycles. The predicted molar refractivity (Wildman–Crippen MR) is 131 cm³/mol. The molecule has 0 spiro atoms. The summed E-state index contributed by atoms with van der Waals surface area (Å²) < 4.78 is 6.66. The summed E-state index contributed by atoms with van der Waals surface area (Å²) in [6.45, 7) is 0. The molecule has 2 aliphatic carbocycles. The maximum atomic E-state index is 14.7. The zero-order chi connectivity index (χ0) is 23.8. The van der Waals surface area contributed by atoms with Crippen LogP contribution in [0.5, 0.6) is 0 Å². The van der Waals surface area contributed by atoms with Crippen LogP contribution in [-0.2, 0) is 10.3 Å². The third-order valence-corrected chi connectivity index (χ3v) is 7.74. The van der Waals surface area contributed by atoms with Gasteiger partial charge in [-0.15, -0.1) is 0 Å². The molecule has 5 nitrogen and oxygen atoms in total. The third-order valence-electron chi connectivity index (χ3n) is 7.74. The van der Waals surface area contributed by atoms with Gasteiger partial charge >= 0.3 is 0 Å². The SMILES string of the molecule is O=C(c1ccccc1)C12C3=C(c4ccccc4)OC1c1ccccc1C2([N+](=O)[O-])c1ccccc13. The Morgan fingerprint density at radius 3 is 2.09 bits per heavy atom. The summed E-state index contributed by atoms with van der Waals surface area (Å²) in [5, 5.41) is 13.4. The normalized spacial score (nSPS) is 25.0. The van der Waals surface area contributed by atoms with Gasteiger partial charge in [0.1, 0.15) is 11.9 Å². The van der Waals surface area contributed by atoms with Gasteiger partial charge < -0.3 is 4.74 Å². The molecule has 4 aromatic carbocycles. The van der Waals surface area contributed by atoms with Crippen LogP contribution in [0, 0.1) is 15.5 Å². The minimum Gasteiger partial charge on any atom is -0.483 e. The number of benzene rings is 4. The lowest BCUT2D eigenvalue weighted by molar-refractivity contribution is -0.577. The van der Waals surface area contributed by atoms with Crippen molar-refractivity contribution >= 4 is 17.1 Å². The van der Waals surface area contributed by atoms with E-state index < -0.39 is 17.1 Å². The van der Waals surface area contributed by atoms with Crippen molar-refractivity contribution in [3.63, 3.8) is 0 Å². The Hall–Kier alpha value is -4.51. The van der Waals surface area contributed by atoms with Crippen molar-refractivity contribution in [2.75, 3.05) is 0 Å². The fraction of sp³-hybridized carbons (Fsp3) is 0.100. The topological polar surface area (TPSA) is 69.4 Å². The lowest BCUT2D eigenvalue weighted by atomic mass is 9.64. The number of ether oxygens (including phenoxy) is 1. The predicted octanol–water partition coefficient (Wildman–Crippen LogP) is 6.04. The highest BCUT2D eigenvalue weighted by Crippen LogP contribution is 2.77. The van der Waals surface area contributed by atoms with Gasteiger partial charge in [0.05, 0.1) is 0 Å². The lowest BCUT2D eigenvalue weighted by Gasteiger charge is -2.33. The van der Waals surface area contributed by atoms with Gasteiger partial charge in [0, 0.05) is 38.3 Å². The number of ketones is 1. The highest BCUT2D eigenvalue weighted by Gasteiger charge is 2.84. The summed E-state index contributed by atoms with van der Waals surface area (Å²) in [4.78, 5) is 27.9. The van der Waals surface area contributed by atoms with E-state index in [0.29, 0.717) is 39.1 Å². The Morgan fingerprint density at radius 1 is 0.771 bits per heavy atom. The summed E-state index contributed by atoms with van der Waals surface area (Å²) in [5.41, 5.74) is 0.898. The minimum absolute atomic E-state index is 0.254. The van der Waals surface area contributed by atoms with Crippen LogP contribution in [0.2, 0.25) is 0 Å². The van der Waals surface area contributed by atoms with Gasteiger partial charge in [-0.25, -0.2) is 0 Å². The number of hydrogen-bond donors (Lipinski definition) is 0. The molecule has 5 heteroatoms. The van der Waals surface area contributed by atoms with Gasteiger partial charge in [0.2, 0.25) is 0 Å². The van der Waals surface area contributed by atoms with E-state index >= 15 is 0 Å². The second-order valence-corrected chi connectivity index (χ2v) is 9.17. The number of hydrogen-bond acceptors (Lipinski definition) is 4. The van der Waals surface area contributed by atoms with E-state index in [-0.39, 0.29) is 10.7 Å². The molecule has 0 fully saturated rings. The van der Waals surface area contributed by atoms with E-state index in [0.717, 1.165) is 5.56 Å². The average molecular weight is 457 g/mol. The van der Waals surface area contributed by atoms with Crippen molar-refractivity contribution in [3.05, 3.63) is 153 Å². The summed E-state index contributed by atoms with van der Waals surface area (Å²) >= 11 is 0. The smallest absolute Gasteiger partial charge is 0.293 e. The van der Waals surface area contributed by atoms with E-state index in [1.165, 1.54) is 0 Å². The molecule has 3 aliphatic rings. The second-order valence-electron chi connectivity index (χ2n) is 9.17. The molecule has 1 heterocycles. The second kappa shape index (κ2) is 6.76. The standard InChI is InChI=1S/C30H19NO4/c32-27(20-13-5-2-6-14-20)29-25-21-15-7-9-17-23(21)30(29,31(33)34)24-18-10-8-16-22(24)28(29)35-26(25)19-11-3-1-4-12-19/h1-18,28H. The molecule has 3 atom stereocenters. The number of Topliss-reactive ketones (excluding diaryl/α,β-unsaturated/α-hetero) is 1. The number of fused-ring (bicyclic) bond motifs is 6. The number of carbonyl (C=O) groups excluding carboxylic acids is 1. The van der Waals surface area contributed by atoms with Gasteiger partial charge in [-0.05, 0) is 5.56 Å². The summed E-state index contributed by atoms with van der Waals surface area (Å²) in [5.74, 6) is 0.235. The Balaban J connectivity index is 1.70. The Bertz CT molecular complexity index is 1580. The van der Waals surface area contributed by atoms with Crippen LogP contribution in [0.3, 0.4) is 0 Å². The molecule has 0 N–H and O–H groups in total. The van der Waals surface area contributed by atoms with Crippen LogP contribution in [0.1, 0.15) is 44.3 Å². The molecular weight excluding hydrogens is 438 g/mol. The molecule has 0 saturated carbocycles. The molecule has 0 bridgehead atoms. The first kappa shape index (κ1) is 19.9. The van der Waals surface area contributed by atoms with Crippen molar-refractivity contribution in [3.8, 4) is 0 Å². The molecule has 0 amide bonds. The Kier molecular flexibility index (Phi) is 3.85. The van der Waals surface area contributed by atoms with Crippen LogP contribution < -0.4 is 0 Å². The molecule has 168 valence electrons. The Morgan fingerprint density at radius 2 is 1.37 bits per heavy atom. The fourth-order valence-electron chi connectivity index (χ4n) is 6.58. The van der Waals surface area contributed by atoms with E-state index in [1.54, 1.807) is 42.5 Å². The number of carbonyl (C=O) groups is 1. The molecule has 1 aliphatic heterocycles. The van der Waals surface area contributed by atoms with Gasteiger partial charge in [0.15, 0.2) is 11.2 Å². The highest BCUT2D eigenvalue weighted by molar-refractivity contribution is 6.18. The molecule has 35 heavy (non-hydrogen) atoms. The van der Waals surface area contributed by atoms with Crippen LogP contribution in [0.25, 0.3) is 11.3 Å². The quantitative estimate of drug-likeness (QED) is 0.213. The monoisotopic (exact) mass is 457 g/mol. The van der Waals surface area contributed by atoms with Crippen LogP contribution in [-0.4, -0.2) is 10.7 Å². The number of nitrogens with zero attached hydrogens (tertiary/aromatic N) is 1. The highest BCUT2D eigenvalue weighted by atomic mass is 16.6. The largest absolute Gasteiger partial charge is 0.483 e. The van der Waals surface area contributed by atoms with Gasteiger partial charge in [-0.3, -0.25) is 14.9 Å². The number of rotatable bonds is 4. The lowest BCUT2D eigenvalue weighted by Crippen LogP contribution is -2.51. The molecule has 3 unspecified atom stereocenters. The first-order chi connectivity index (χ1) is 17.1. The molecule has 7 rings (SSSR count). The summed E-state index contributed by atoms with van der Waals surface area (Å²) in [7, 11) is 0. The average Bonchev–Trinajstić information content (AvgIpc) is 3.49. The molecule has 4 aromatic rings. The zero-order valence-corrected chi connectivity index (χ0v) is 18.5. The minimum atomic E-state index is -1.80. The molecular formula is C30H19NO4. The van der Waals surface area contributed by atoms with Crippen LogP contribution in [0.4, 0.5) is 0 Å². The van der Waals surface area contributed by atoms with Crippen molar-refractivity contribution in [2.24, 2.45) is 5.41 Å². The van der Waals surface area contributed by atoms with E-state index in [1.807, 2.05) is 66.7 Å². The van der Waals surface area contributed by atoms with Crippen LogP contribution in [0.15, 0.2) is 109 Å². The third kappa shape index (κ3) is 2.12. The zero-order valence-electron chi connectivity index (χ0n) is 18.5. The van der Waals surface area contributed by atoms with Crippen LogP contribution >= 0.6 is 0 Å². The van der Waals surface area contributed by atoms with E-state index in [9.17, 15) is 14.9 Å². The number of nitro groups is 1. The Labute approximate surface area is 201 Å².